The quantitative estimate of drug-likeness (QED) is 0.112. The largest absolute Gasteiger partial charge is 0.504 e. The van der Waals surface area contributed by atoms with Gasteiger partial charge in [0.1, 0.15) is 0 Å². The molecule has 3 rings (SSSR count). The smallest absolute Gasteiger partial charge is 0.274 e. The van der Waals surface area contributed by atoms with E-state index in [-0.39, 0.29) is 28.5 Å². The molecule has 0 bridgehead atoms. The van der Waals surface area contributed by atoms with Gasteiger partial charge in [0.25, 0.3) is 11.6 Å². The highest BCUT2D eigenvalue weighted by Gasteiger charge is 2.16. The maximum Gasteiger partial charge on any atom is 0.274 e. The number of phenolic OH excluding ortho intramolecular Hbond substituents is 1. The van der Waals surface area contributed by atoms with Crippen molar-refractivity contribution >= 4 is 35.3 Å². The van der Waals surface area contributed by atoms with E-state index in [1.807, 2.05) is 34.9 Å². The topological polar surface area (TPSA) is 157 Å². The number of non-ortho nitro benzene ring substituents is 1. The number of carbonyl (C=O) groups excluding carboxylic acids is 1. The van der Waals surface area contributed by atoms with Crippen LogP contribution in [0.4, 0.5) is 11.4 Å². The van der Waals surface area contributed by atoms with Gasteiger partial charge in [-0.25, -0.2) is 5.43 Å². The molecule has 3 N–H and O–H groups in total. The van der Waals surface area contributed by atoms with Crippen LogP contribution in [-0.4, -0.2) is 49.8 Å². The Labute approximate surface area is 204 Å². The summed E-state index contributed by atoms with van der Waals surface area (Å²) in [5.41, 5.74) is 2.99. The average Bonchev–Trinajstić information content (AvgIpc) is 3.24. The highest BCUT2D eigenvalue weighted by molar-refractivity contribution is 7.99. The molecular weight excluding hydrogens is 474 g/mol. The number of hydrogen-bond acceptors (Lipinski definition) is 10. The summed E-state index contributed by atoms with van der Waals surface area (Å²) in [5, 5.41) is 37.1. The van der Waals surface area contributed by atoms with Crippen LogP contribution in [0.2, 0.25) is 0 Å². The van der Waals surface area contributed by atoms with E-state index in [1.165, 1.54) is 18.9 Å². The number of benzene rings is 2. The molecule has 1 amide bonds. The number of amides is 1. The van der Waals surface area contributed by atoms with Crippen LogP contribution >= 0.6 is 11.8 Å². The second kappa shape index (κ2) is 12.2. The molecule has 3 aromatic rings. The molecule has 13 heteroatoms. The molecular formula is C22H23N7O5S. The summed E-state index contributed by atoms with van der Waals surface area (Å²) in [6.07, 6.45) is 2.81. The van der Waals surface area contributed by atoms with E-state index in [4.69, 9.17) is 4.74 Å². The summed E-state index contributed by atoms with van der Waals surface area (Å²) >= 11 is 1.17. The minimum Gasteiger partial charge on any atom is -0.504 e. The maximum atomic E-state index is 12.2. The van der Waals surface area contributed by atoms with Crippen LogP contribution in [0.5, 0.6) is 11.5 Å². The zero-order chi connectivity index (χ0) is 25.2. The predicted octanol–water partition coefficient (Wildman–Crippen LogP) is 2.94. The van der Waals surface area contributed by atoms with Crippen molar-refractivity contribution in [3.05, 3.63) is 76.6 Å². The van der Waals surface area contributed by atoms with E-state index in [9.17, 15) is 20.0 Å². The van der Waals surface area contributed by atoms with Crippen LogP contribution < -0.4 is 15.5 Å². The minimum absolute atomic E-state index is 0.0109. The lowest BCUT2D eigenvalue weighted by atomic mass is 10.2. The number of nitrogens with one attached hydrogen (secondary N) is 2. The highest BCUT2D eigenvalue weighted by atomic mass is 32.2. The number of anilines is 1. The molecule has 2 aromatic carbocycles. The van der Waals surface area contributed by atoms with Crippen molar-refractivity contribution in [1.29, 1.82) is 0 Å². The summed E-state index contributed by atoms with van der Waals surface area (Å²) in [5.74, 6) is -0.186. The fourth-order valence-corrected chi connectivity index (χ4v) is 3.68. The summed E-state index contributed by atoms with van der Waals surface area (Å²) in [6, 6.07) is 11.9. The molecule has 0 spiro atoms. The Bertz CT molecular complexity index is 1230. The van der Waals surface area contributed by atoms with Crippen LogP contribution in [0.3, 0.4) is 0 Å². The van der Waals surface area contributed by atoms with Crippen molar-refractivity contribution in [1.82, 2.24) is 20.2 Å². The molecule has 0 saturated heterocycles. The second-order valence-corrected chi connectivity index (χ2v) is 7.88. The molecule has 35 heavy (non-hydrogen) atoms. The van der Waals surface area contributed by atoms with E-state index >= 15 is 0 Å². The van der Waals surface area contributed by atoms with Gasteiger partial charge in [0, 0.05) is 23.9 Å². The molecule has 1 heterocycles. The Kier molecular flexibility index (Phi) is 8.78. The van der Waals surface area contributed by atoms with Gasteiger partial charge in [0.2, 0.25) is 0 Å². The van der Waals surface area contributed by atoms with Crippen LogP contribution in [0.25, 0.3) is 0 Å². The SMILES string of the molecule is C=CCn1c(CNc2ccccc2)nnc1SCC(=O)NN=Cc1cc([N+](=O)[O-])cc(OC)c1O. The first-order valence-corrected chi connectivity index (χ1v) is 11.2. The number of nitro benzene ring substituents is 1. The van der Waals surface area contributed by atoms with Crippen molar-refractivity contribution < 1.29 is 19.6 Å². The van der Waals surface area contributed by atoms with Gasteiger partial charge in [0.15, 0.2) is 22.5 Å². The second-order valence-electron chi connectivity index (χ2n) is 6.94. The van der Waals surface area contributed by atoms with E-state index in [2.05, 4.69) is 32.6 Å². The van der Waals surface area contributed by atoms with Crippen molar-refractivity contribution in [2.45, 2.75) is 18.2 Å². The molecule has 0 saturated carbocycles. The Morgan fingerprint density at radius 1 is 1.34 bits per heavy atom. The van der Waals surface area contributed by atoms with Crippen molar-refractivity contribution in [3.8, 4) is 11.5 Å². The molecule has 0 aliphatic carbocycles. The molecule has 0 unspecified atom stereocenters. The monoisotopic (exact) mass is 497 g/mol. The van der Waals surface area contributed by atoms with Crippen LogP contribution in [0.15, 0.2) is 65.4 Å². The number of rotatable bonds is 12. The Balaban J connectivity index is 1.60. The van der Waals surface area contributed by atoms with Gasteiger partial charge in [0.05, 0.1) is 36.6 Å². The number of hydrogen-bond donors (Lipinski definition) is 3. The molecule has 0 aliphatic heterocycles. The van der Waals surface area contributed by atoms with Crippen LogP contribution in [0, 0.1) is 10.1 Å². The zero-order valence-corrected chi connectivity index (χ0v) is 19.6. The standard InChI is InChI=1S/C22H23N7O5S/c1-3-9-28-19(13-23-16-7-5-4-6-8-16)25-27-22(28)35-14-20(30)26-24-12-15-10-17(29(32)33)11-18(34-2)21(15)31/h3-8,10-12,23,31H,1,9,13-14H2,2H3,(H,26,30). The van der Waals surface area contributed by atoms with E-state index in [0.29, 0.717) is 24.1 Å². The normalized spacial score (nSPS) is 10.8. The Hall–Kier alpha value is -4.39. The van der Waals surface area contributed by atoms with Gasteiger partial charge >= 0.3 is 0 Å². The number of para-hydroxylation sites is 1. The minimum atomic E-state index is -0.627. The molecule has 0 atom stereocenters. The fraction of sp³-hybridized carbons (Fsp3) is 0.182. The zero-order valence-electron chi connectivity index (χ0n) is 18.7. The number of phenols is 1. The van der Waals surface area contributed by atoms with Gasteiger partial charge in [-0.15, -0.1) is 16.8 Å². The number of thioether (sulfide) groups is 1. The van der Waals surface area contributed by atoms with Crippen LogP contribution in [0.1, 0.15) is 11.4 Å². The van der Waals surface area contributed by atoms with Crippen molar-refractivity contribution in [2.24, 2.45) is 5.10 Å². The number of allylic oxidation sites excluding steroid dienone is 1. The van der Waals surface area contributed by atoms with E-state index < -0.39 is 10.8 Å². The Morgan fingerprint density at radius 3 is 2.80 bits per heavy atom. The first-order chi connectivity index (χ1) is 16.9. The Morgan fingerprint density at radius 2 is 2.11 bits per heavy atom. The number of methoxy groups -OCH3 is 1. The van der Waals surface area contributed by atoms with Crippen molar-refractivity contribution in [2.75, 3.05) is 18.2 Å². The van der Waals surface area contributed by atoms with Gasteiger partial charge in [-0.2, -0.15) is 5.10 Å². The number of aromatic nitrogens is 3. The maximum absolute atomic E-state index is 12.2. The molecule has 182 valence electrons. The third-order valence-corrected chi connectivity index (χ3v) is 5.54. The number of nitro groups is 1. The van der Waals surface area contributed by atoms with Gasteiger partial charge in [-0.05, 0) is 12.1 Å². The van der Waals surface area contributed by atoms with Gasteiger partial charge in [-0.3, -0.25) is 14.9 Å². The van der Waals surface area contributed by atoms with Gasteiger partial charge in [-0.1, -0.05) is 36.0 Å². The first-order valence-electron chi connectivity index (χ1n) is 10.2. The number of aromatic hydroxyl groups is 1. The van der Waals surface area contributed by atoms with Crippen molar-refractivity contribution in [3.63, 3.8) is 0 Å². The summed E-state index contributed by atoms with van der Waals surface area (Å²) in [6.45, 7) is 4.67. The summed E-state index contributed by atoms with van der Waals surface area (Å²) in [7, 11) is 1.27. The predicted molar refractivity (Wildman–Crippen MR) is 132 cm³/mol. The summed E-state index contributed by atoms with van der Waals surface area (Å²) < 4.78 is 6.78. The number of carbonyl (C=O) groups is 1. The lowest BCUT2D eigenvalue weighted by Crippen LogP contribution is -2.20. The molecule has 0 radical (unpaired) electrons. The van der Waals surface area contributed by atoms with E-state index in [1.54, 1.807) is 6.08 Å². The number of hydrazone groups is 1. The molecule has 0 fully saturated rings. The van der Waals surface area contributed by atoms with Crippen LogP contribution in [-0.2, 0) is 17.9 Å². The molecule has 12 nitrogen and oxygen atoms in total. The number of ether oxygens (including phenoxy) is 1. The highest BCUT2D eigenvalue weighted by Crippen LogP contribution is 2.33. The lowest BCUT2D eigenvalue weighted by Gasteiger charge is -2.09. The third-order valence-electron chi connectivity index (χ3n) is 4.57. The van der Waals surface area contributed by atoms with Gasteiger partial charge < -0.3 is 19.7 Å². The molecule has 1 aromatic heterocycles. The molecule has 0 aliphatic rings. The average molecular weight is 498 g/mol. The third kappa shape index (κ3) is 6.80. The lowest BCUT2D eigenvalue weighted by molar-refractivity contribution is -0.385. The number of nitrogens with zero attached hydrogens (tertiary/aromatic N) is 5. The fourth-order valence-electron chi connectivity index (χ4n) is 2.92. The summed E-state index contributed by atoms with van der Waals surface area (Å²) in [4.78, 5) is 22.7. The van der Waals surface area contributed by atoms with E-state index in [0.717, 1.165) is 24.0 Å². The first kappa shape index (κ1) is 25.2.